The van der Waals surface area contributed by atoms with E-state index in [4.69, 9.17) is 19.0 Å². The van der Waals surface area contributed by atoms with Crippen LogP contribution in [0.2, 0.25) is 0 Å². The van der Waals surface area contributed by atoms with Crippen LogP contribution in [-0.2, 0) is 20.8 Å². The van der Waals surface area contributed by atoms with E-state index in [9.17, 15) is 9.59 Å². The number of ketones is 1. The first kappa shape index (κ1) is 26.5. The summed E-state index contributed by atoms with van der Waals surface area (Å²) >= 11 is 0. The summed E-state index contributed by atoms with van der Waals surface area (Å²) in [5.74, 6) is -0.268. The highest BCUT2D eigenvalue weighted by Crippen LogP contribution is 2.30. The smallest absolute Gasteiger partial charge is 0.331 e. The highest BCUT2D eigenvalue weighted by Gasteiger charge is 2.22. The number of hydrogen-bond donors (Lipinski definition) is 0. The van der Waals surface area contributed by atoms with Gasteiger partial charge in [-0.25, -0.2) is 9.48 Å². The van der Waals surface area contributed by atoms with E-state index in [1.807, 2.05) is 86.8 Å². The summed E-state index contributed by atoms with van der Waals surface area (Å²) in [6.45, 7) is 5.06. The van der Waals surface area contributed by atoms with Crippen molar-refractivity contribution in [2.45, 2.75) is 39.3 Å². The molecular weight excluding hydrogens is 518 g/mol. The number of carbonyl (C=O) groups is 2. The van der Waals surface area contributed by atoms with Gasteiger partial charge in [0.15, 0.2) is 12.4 Å². The molecule has 2 aromatic carbocycles. The molecule has 1 saturated heterocycles. The van der Waals surface area contributed by atoms with Crippen LogP contribution < -0.4 is 0 Å². The minimum absolute atomic E-state index is 0.168. The Morgan fingerprint density at radius 1 is 1.07 bits per heavy atom. The molecule has 0 amide bonds. The highest BCUT2D eigenvalue weighted by molar-refractivity contribution is 6.00. The quantitative estimate of drug-likeness (QED) is 0.121. The Morgan fingerprint density at radius 3 is 2.66 bits per heavy atom. The maximum absolute atomic E-state index is 13.0. The predicted octanol–water partition coefficient (Wildman–Crippen LogP) is 6.32. The normalized spacial score (nSPS) is 15.2. The summed E-state index contributed by atoms with van der Waals surface area (Å²) in [5, 5.41) is 5.71. The van der Waals surface area contributed by atoms with E-state index >= 15 is 0 Å². The lowest BCUT2D eigenvalue weighted by molar-refractivity contribution is -0.136. The third-order valence-corrected chi connectivity index (χ3v) is 7.45. The molecule has 5 aromatic rings. The summed E-state index contributed by atoms with van der Waals surface area (Å²) in [5.41, 5.74) is 5.29. The van der Waals surface area contributed by atoms with E-state index in [0.717, 1.165) is 54.0 Å². The number of esters is 1. The Labute approximate surface area is 237 Å². The molecule has 8 nitrogen and oxygen atoms in total. The largest absolute Gasteiger partial charge is 0.454 e. The predicted molar refractivity (Wildman–Crippen MR) is 156 cm³/mol. The molecule has 0 N–H and O–H groups in total. The summed E-state index contributed by atoms with van der Waals surface area (Å²) < 4.78 is 21.0. The monoisotopic (exact) mass is 549 g/mol. The zero-order valence-corrected chi connectivity index (χ0v) is 23.1. The summed E-state index contributed by atoms with van der Waals surface area (Å²) in [6.07, 6.45) is 7.03. The average Bonchev–Trinajstić information content (AvgIpc) is 3.79. The van der Waals surface area contributed by atoms with Crippen molar-refractivity contribution in [2.24, 2.45) is 0 Å². The molecule has 8 heteroatoms. The molecule has 0 bridgehead atoms. The number of para-hydroxylation sites is 2. The Bertz CT molecular complexity index is 1700. The van der Waals surface area contributed by atoms with Gasteiger partial charge >= 0.3 is 5.97 Å². The number of hydrogen-bond acceptors (Lipinski definition) is 6. The number of rotatable bonds is 9. The van der Waals surface area contributed by atoms with E-state index in [1.165, 1.54) is 6.08 Å². The van der Waals surface area contributed by atoms with Gasteiger partial charge in [0, 0.05) is 53.3 Å². The third kappa shape index (κ3) is 5.64. The lowest BCUT2D eigenvalue weighted by Gasteiger charge is -2.14. The Kier molecular flexibility index (Phi) is 7.39. The van der Waals surface area contributed by atoms with Gasteiger partial charge in [0.25, 0.3) is 0 Å². The van der Waals surface area contributed by atoms with Crippen LogP contribution in [-0.4, -0.2) is 45.4 Å². The van der Waals surface area contributed by atoms with Crippen LogP contribution in [0.4, 0.5) is 0 Å². The third-order valence-electron chi connectivity index (χ3n) is 7.45. The molecule has 0 saturated carbocycles. The van der Waals surface area contributed by atoms with Gasteiger partial charge in [-0.05, 0) is 63.1 Å². The van der Waals surface area contributed by atoms with Crippen LogP contribution in [0, 0.1) is 13.8 Å². The lowest BCUT2D eigenvalue weighted by atomic mass is 10.1. The molecule has 1 aliphatic heterocycles. The summed E-state index contributed by atoms with van der Waals surface area (Å²) in [7, 11) is 0. The van der Waals surface area contributed by atoms with Crippen molar-refractivity contribution in [2.75, 3.05) is 13.2 Å². The highest BCUT2D eigenvalue weighted by atomic mass is 16.5. The topological polar surface area (TPSA) is 88.5 Å². The molecule has 6 rings (SSSR count). The average molecular weight is 550 g/mol. The molecule has 0 aliphatic carbocycles. The van der Waals surface area contributed by atoms with Crippen molar-refractivity contribution in [3.8, 4) is 17.1 Å². The molecule has 41 heavy (non-hydrogen) atoms. The van der Waals surface area contributed by atoms with Crippen molar-refractivity contribution in [3.63, 3.8) is 0 Å². The number of fused-ring (bicyclic) bond motifs is 1. The van der Waals surface area contributed by atoms with Crippen LogP contribution in [0.5, 0.6) is 0 Å². The molecule has 208 valence electrons. The van der Waals surface area contributed by atoms with Crippen molar-refractivity contribution in [1.82, 2.24) is 14.3 Å². The van der Waals surface area contributed by atoms with Crippen LogP contribution >= 0.6 is 0 Å². The van der Waals surface area contributed by atoms with Crippen LogP contribution in [0.1, 0.15) is 40.2 Å². The molecule has 1 aliphatic rings. The fourth-order valence-corrected chi connectivity index (χ4v) is 5.29. The molecule has 0 radical (unpaired) electrons. The van der Waals surface area contributed by atoms with Crippen molar-refractivity contribution in [1.29, 1.82) is 0 Å². The second-order valence-electron chi connectivity index (χ2n) is 10.3. The van der Waals surface area contributed by atoms with Crippen molar-refractivity contribution < 1.29 is 23.5 Å². The molecule has 4 heterocycles. The number of nitrogens with zero attached hydrogens (tertiary/aromatic N) is 3. The fraction of sp³-hybridized carbons (Fsp3) is 0.242. The van der Waals surface area contributed by atoms with E-state index in [0.29, 0.717) is 22.6 Å². The molecule has 0 unspecified atom stereocenters. The lowest BCUT2D eigenvalue weighted by Crippen LogP contribution is -2.18. The van der Waals surface area contributed by atoms with Gasteiger partial charge < -0.3 is 18.5 Å². The van der Waals surface area contributed by atoms with Crippen LogP contribution in [0.15, 0.2) is 83.4 Å². The van der Waals surface area contributed by atoms with Crippen LogP contribution in [0.3, 0.4) is 0 Å². The van der Waals surface area contributed by atoms with E-state index in [2.05, 4.69) is 4.57 Å². The fourth-order valence-electron chi connectivity index (χ4n) is 5.29. The Balaban J connectivity index is 1.18. The second kappa shape index (κ2) is 11.4. The van der Waals surface area contributed by atoms with Gasteiger partial charge in [0.05, 0.1) is 11.8 Å². The molecule has 0 spiro atoms. The first-order valence-electron chi connectivity index (χ1n) is 13.8. The minimum atomic E-state index is -0.616. The summed E-state index contributed by atoms with van der Waals surface area (Å²) in [6, 6.07) is 21.2. The number of ether oxygens (including phenoxy) is 2. The van der Waals surface area contributed by atoms with Gasteiger partial charge in [0.1, 0.15) is 11.3 Å². The van der Waals surface area contributed by atoms with Gasteiger partial charge in [-0.3, -0.25) is 4.79 Å². The van der Waals surface area contributed by atoms with Crippen molar-refractivity contribution in [3.05, 3.63) is 102 Å². The van der Waals surface area contributed by atoms with Gasteiger partial charge in [-0.2, -0.15) is 5.10 Å². The number of furan rings is 1. The molecular formula is C33H31N3O5. The van der Waals surface area contributed by atoms with Gasteiger partial charge in [-0.15, -0.1) is 0 Å². The maximum Gasteiger partial charge on any atom is 0.331 e. The minimum Gasteiger partial charge on any atom is -0.454 e. The van der Waals surface area contributed by atoms with E-state index in [-0.39, 0.29) is 18.5 Å². The number of benzene rings is 2. The molecule has 1 atom stereocenters. The van der Waals surface area contributed by atoms with Crippen molar-refractivity contribution >= 4 is 28.8 Å². The first-order chi connectivity index (χ1) is 20.0. The SMILES string of the molecule is Cc1cc(C(=O)COC(=O)/C=C/c2cn(-c3ccccc3)nc2-c2cc3ccccc3o2)c(C)n1C[C@@H]1CCCO1. The number of aromatic nitrogens is 3. The zero-order chi connectivity index (χ0) is 28.3. The standard InChI is InChI=1S/C33H31N3O5/c1-22-17-28(23(2)35(22)20-27-12-8-16-39-27)29(37)21-40-32(38)15-14-25-19-36(26-10-4-3-5-11-26)34-33(25)31-18-24-9-6-7-13-30(24)41-31/h3-7,9-11,13-15,17-19,27H,8,12,16,20-21H2,1-2H3/b15-14+/t27-/m0/s1. The molecule has 1 fully saturated rings. The molecule has 3 aromatic heterocycles. The second-order valence-corrected chi connectivity index (χ2v) is 10.3. The zero-order valence-electron chi connectivity index (χ0n) is 23.1. The Hall–Kier alpha value is -4.69. The number of aryl methyl sites for hydroxylation is 1. The summed E-state index contributed by atoms with van der Waals surface area (Å²) in [4.78, 5) is 25.6. The van der Waals surface area contributed by atoms with E-state index in [1.54, 1.807) is 10.8 Å². The van der Waals surface area contributed by atoms with Gasteiger partial charge in [0.2, 0.25) is 5.78 Å². The number of Topliss-reactive ketones (excluding diaryl/α,β-unsaturated/α-hetero) is 1. The van der Waals surface area contributed by atoms with Gasteiger partial charge in [-0.1, -0.05) is 36.4 Å². The van der Waals surface area contributed by atoms with Crippen LogP contribution in [0.25, 0.3) is 34.2 Å². The first-order valence-corrected chi connectivity index (χ1v) is 13.8. The Morgan fingerprint density at radius 2 is 1.88 bits per heavy atom. The van der Waals surface area contributed by atoms with E-state index < -0.39 is 5.97 Å². The maximum atomic E-state index is 13.0. The number of carbonyl (C=O) groups excluding carboxylic acids is 2.